The quantitative estimate of drug-likeness (QED) is 0.0246. The van der Waals surface area contributed by atoms with E-state index in [2.05, 4.69) is 116 Å². The molecule has 0 aliphatic heterocycles. The van der Waals surface area contributed by atoms with E-state index in [4.69, 9.17) is 9.05 Å². The molecule has 0 saturated carbocycles. The van der Waals surface area contributed by atoms with Crippen molar-refractivity contribution in [3.63, 3.8) is 0 Å². The van der Waals surface area contributed by atoms with Crippen molar-refractivity contribution in [1.29, 1.82) is 0 Å². The highest BCUT2D eigenvalue weighted by molar-refractivity contribution is 7.47. The predicted molar refractivity (Wildman–Crippen MR) is 253 cm³/mol. The molecule has 0 aromatic heterocycles. The molecule has 1 amide bonds. The minimum atomic E-state index is -4.30. The Hall–Kier alpha value is -2.58. The number of aliphatic hydroxyl groups excluding tert-OH is 1. The second kappa shape index (κ2) is 40.8. The number of nitrogens with one attached hydrogen (secondary N) is 1. The summed E-state index contributed by atoms with van der Waals surface area (Å²) in [5, 5.41) is 13.7. The van der Waals surface area contributed by atoms with Crippen LogP contribution in [0.1, 0.15) is 162 Å². The first-order valence-corrected chi connectivity index (χ1v) is 24.6. The highest BCUT2D eigenvalue weighted by Gasteiger charge is 2.28. The maximum Gasteiger partial charge on any atom is 0.472 e. The average molecular weight is 844 g/mol. The first-order valence-electron chi connectivity index (χ1n) is 23.1. The summed E-state index contributed by atoms with van der Waals surface area (Å²) in [5.41, 5.74) is 0. The molecule has 0 heterocycles. The second-order valence-electron chi connectivity index (χ2n) is 16.4. The van der Waals surface area contributed by atoms with Crippen LogP contribution in [-0.4, -0.2) is 73.4 Å². The first-order chi connectivity index (χ1) is 28.5. The van der Waals surface area contributed by atoms with E-state index in [1.54, 1.807) is 0 Å². The van der Waals surface area contributed by atoms with Crippen LogP contribution in [0.15, 0.2) is 97.2 Å². The standard InChI is InChI=1S/C50H87N2O6P/c1-6-8-10-12-13-14-15-16-17-18-19-20-21-22-23-24-25-26-27-28-29-30-31-32-33-34-35-36-37-38-39-40-42-44-50(54)51-48(49(53)43-41-11-9-7-2)47-58-59(55,56)57-46-45-52(3,4)5/h8,10,13-14,16-17,19-20,22-23,25-26,28-29,31-32,48-49,53H,6-7,9,11-12,15,18,21,24,27,30,33-47H2,1-5H3,(H-,51,54,55,56)/p+1/b10-8-,14-13-,17-16-,20-19-,23-22-,26-25-,29-28-,32-31-. The topological polar surface area (TPSA) is 105 Å². The maximum atomic E-state index is 12.8. The summed E-state index contributed by atoms with van der Waals surface area (Å²) in [6, 6.07) is -0.767. The summed E-state index contributed by atoms with van der Waals surface area (Å²) in [6.45, 7) is 4.61. The normalized spacial score (nSPS) is 15.2. The van der Waals surface area contributed by atoms with Gasteiger partial charge < -0.3 is 19.8 Å². The van der Waals surface area contributed by atoms with Gasteiger partial charge in [-0.25, -0.2) is 4.57 Å². The summed E-state index contributed by atoms with van der Waals surface area (Å²) in [4.78, 5) is 22.9. The van der Waals surface area contributed by atoms with Crippen LogP contribution >= 0.6 is 7.82 Å². The van der Waals surface area contributed by atoms with E-state index in [9.17, 15) is 19.4 Å². The van der Waals surface area contributed by atoms with Crippen molar-refractivity contribution in [2.75, 3.05) is 40.9 Å². The summed E-state index contributed by atoms with van der Waals surface area (Å²) in [5.74, 6) is -0.168. The molecule has 0 radical (unpaired) electrons. The van der Waals surface area contributed by atoms with Crippen LogP contribution in [0.3, 0.4) is 0 Å². The fraction of sp³-hybridized carbons (Fsp3) is 0.660. The monoisotopic (exact) mass is 844 g/mol. The number of amides is 1. The number of carbonyl (C=O) groups is 1. The predicted octanol–water partition coefficient (Wildman–Crippen LogP) is 13.1. The molecule has 338 valence electrons. The average Bonchev–Trinajstić information content (AvgIpc) is 3.19. The largest absolute Gasteiger partial charge is 0.472 e. The van der Waals surface area contributed by atoms with Gasteiger partial charge in [-0.3, -0.25) is 13.8 Å². The lowest BCUT2D eigenvalue weighted by molar-refractivity contribution is -0.870. The highest BCUT2D eigenvalue weighted by atomic mass is 31.2. The third-order valence-electron chi connectivity index (χ3n) is 9.60. The third-order valence-corrected chi connectivity index (χ3v) is 10.6. The van der Waals surface area contributed by atoms with E-state index < -0.39 is 20.0 Å². The number of likely N-dealkylation sites (N-methyl/N-ethyl adjacent to an activating group) is 1. The Morgan fingerprint density at radius 1 is 0.593 bits per heavy atom. The Balaban J connectivity index is 3.98. The Bertz CT molecular complexity index is 1280. The van der Waals surface area contributed by atoms with Gasteiger partial charge in [0.2, 0.25) is 5.91 Å². The fourth-order valence-electron chi connectivity index (χ4n) is 5.94. The van der Waals surface area contributed by atoms with Gasteiger partial charge in [-0.05, 0) is 77.0 Å². The van der Waals surface area contributed by atoms with Crippen molar-refractivity contribution in [3.8, 4) is 0 Å². The molecule has 3 atom stereocenters. The molecule has 0 aliphatic rings. The number of carbonyl (C=O) groups excluding carboxylic acids is 1. The lowest BCUT2D eigenvalue weighted by Crippen LogP contribution is -2.46. The lowest BCUT2D eigenvalue weighted by atomic mass is 10.0. The highest BCUT2D eigenvalue weighted by Crippen LogP contribution is 2.43. The number of hydrogen-bond acceptors (Lipinski definition) is 5. The second-order valence-corrected chi connectivity index (χ2v) is 17.9. The molecule has 0 rings (SSSR count). The Kier molecular flexibility index (Phi) is 39.0. The van der Waals surface area contributed by atoms with Crippen molar-refractivity contribution >= 4 is 13.7 Å². The zero-order chi connectivity index (χ0) is 43.6. The summed E-state index contributed by atoms with van der Waals surface area (Å²) < 4.78 is 23.4. The first kappa shape index (κ1) is 56.4. The Labute approximate surface area is 362 Å². The van der Waals surface area contributed by atoms with E-state index >= 15 is 0 Å². The van der Waals surface area contributed by atoms with E-state index in [1.165, 1.54) is 32.1 Å². The number of aliphatic hydroxyl groups is 1. The van der Waals surface area contributed by atoms with Gasteiger partial charge in [-0.1, -0.05) is 175 Å². The summed E-state index contributed by atoms with van der Waals surface area (Å²) in [6.07, 6.45) is 58.0. The van der Waals surface area contributed by atoms with Crippen LogP contribution in [0.2, 0.25) is 0 Å². The van der Waals surface area contributed by atoms with Gasteiger partial charge in [-0.2, -0.15) is 0 Å². The van der Waals surface area contributed by atoms with Crippen molar-refractivity contribution in [2.45, 2.75) is 174 Å². The molecule has 0 aromatic carbocycles. The number of phosphoric ester groups is 1. The summed E-state index contributed by atoms with van der Waals surface area (Å²) >= 11 is 0. The Morgan fingerprint density at radius 3 is 1.47 bits per heavy atom. The molecule has 8 nitrogen and oxygen atoms in total. The molecule has 0 aliphatic carbocycles. The number of nitrogens with zero attached hydrogens (tertiary/aromatic N) is 1. The molecule has 0 aromatic rings. The van der Waals surface area contributed by atoms with Crippen molar-refractivity contribution in [3.05, 3.63) is 97.2 Å². The number of quaternary nitrogens is 1. The molecular formula is C50H88N2O6P+. The van der Waals surface area contributed by atoms with Crippen molar-refractivity contribution < 1.29 is 32.9 Å². The SMILES string of the molecule is CC/C=C\C/C=C\C/C=C\C/C=C\C/C=C\C/C=C\C/C=C\C/C=C\CCCCCCCCCCC(=O)NC(COP(=O)(O)OCC[N+](C)(C)C)C(O)CCCCCC. The minimum absolute atomic E-state index is 0.0664. The molecule has 3 N–H and O–H groups in total. The molecule has 59 heavy (non-hydrogen) atoms. The maximum absolute atomic E-state index is 12.8. The van der Waals surface area contributed by atoms with Gasteiger partial charge in [0.1, 0.15) is 13.2 Å². The van der Waals surface area contributed by atoms with Crippen molar-refractivity contribution in [2.24, 2.45) is 0 Å². The lowest BCUT2D eigenvalue weighted by Gasteiger charge is -2.26. The molecule has 0 spiro atoms. The number of rotatable bonds is 40. The minimum Gasteiger partial charge on any atom is -0.391 e. The van der Waals surface area contributed by atoms with Gasteiger partial charge in [0.15, 0.2) is 0 Å². The number of unbranched alkanes of at least 4 members (excludes halogenated alkanes) is 11. The van der Waals surface area contributed by atoms with E-state index in [1.807, 2.05) is 21.1 Å². The number of phosphoric acid groups is 1. The summed E-state index contributed by atoms with van der Waals surface area (Å²) in [7, 11) is 1.59. The third kappa shape index (κ3) is 43.3. The molecular weight excluding hydrogens is 756 g/mol. The zero-order valence-electron chi connectivity index (χ0n) is 38.2. The number of allylic oxidation sites excluding steroid dienone is 16. The van der Waals surface area contributed by atoms with Crippen LogP contribution in [0.25, 0.3) is 0 Å². The van der Waals surface area contributed by atoms with Crippen LogP contribution < -0.4 is 5.32 Å². The van der Waals surface area contributed by atoms with Crippen LogP contribution in [0, 0.1) is 0 Å². The molecule has 3 unspecified atom stereocenters. The van der Waals surface area contributed by atoms with Crippen LogP contribution in [0.4, 0.5) is 0 Å². The van der Waals surface area contributed by atoms with Crippen LogP contribution in [-0.2, 0) is 18.4 Å². The van der Waals surface area contributed by atoms with Crippen LogP contribution in [0.5, 0.6) is 0 Å². The van der Waals surface area contributed by atoms with Gasteiger partial charge in [0, 0.05) is 6.42 Å². The van der Waals surface area contributed by atoms with Gasteiger partial charge in [0.25, 0.3) is 0 Å². The smallest absolute Gasteiger partial charge is 0.391 e. The van der Waals surface area contributed by atoms with E-state index in [0.29, 0.717) is 23.9 Å². The fourth-order valence-corrected chi connectivity index (χ4v) is 6.68. The molecule has 9 heteroatoms. The van der Waals surface area contributed by atoms with E-state index in [0.717, 1.165) is 103 Å². The molecule has 0 saturated heterocycles. The van der Waals surface area contributed by atoms with Gasteiger partial charge in [0.05, 0.1) is 39.9 Å². The Morgan fingerprint density at radius 2 is 1.02 bits per heavy atom. The number of hydrogen-bond donors (Lipinski definition) is 3. The molecule has 0 fully saturated rings. The van der Waals surface area contributed by atoms with E-state index in [-0.39, 0.29) is 19.1 Å². The van der Waals surface area contributed by atoms with Crippen molar-refractivity contribution in [1.82, 2.24) is 5.32 Å². The molecule has 0 bridgehead atoms. The van der Waals surface area contributed by atoms with Gasteiger partial charge >= 0.3 is 7.82 Å². The van der Waals surface area contributed by atoms with Gasteiger partial charge in [-0.15, -0.1) is 0 Å². The zero-order valence-corrected chi connectivity index (χ0v) is 39.1.